The average molecular weight is 1400 g/mol. The first kappa shape index (κ1) is 48.9. The number of carboxylic acid groups (broad SMARTS) is 3. The van der Waals surface area contributed by atoms with Gasteiger partial charge in [-0.2, -0.15) is 4.98 Å². The Bertz CT molecular complexity index is 2480. The second-order valence-electron chi connectivity index (χ2n) is 12.8. The second kappa shape index (κ2) is 21.7. The van der Waals surface area contributed by atoms with Crippen LogP contribution in [-0.4, -0.2) is 103 Å². The number of amides is 2. The topological polar surface area (TPSA) is 365 Å². The molecular weight excluding hydrogens is 1360 g/mol. The number of H-pyrrole nitrogens is 1. The van der Waals surface area contributed by atoms with E-state index in [4.69, 9.17) is 43.7 Å². The minimum atomic E-state index is -4.19. The van der Waals surface area contributed by atoms with Crippen molar-refractivity contribution in [2.75, 3.05) is 30.6 Å². The standard InChI is InChI=1S/C36H36N7O18P.2Fm/c37-35-41-30-29(32(50)42-35)39-21(15-38-30)16-43(22-5-3-20(4-6-22)31(49)40-24(33(51)52)7-9-26(44)45)36(54)56-17-19-2-8-25(61-62(55)59-12-1-13-60-62)23(14-19)34(53)58-18-57-28(48)11-10-27(46)47;;/h2-6,8,14-15,24H,1,7,9-13,16-18H2,(H,40,49)(H,44,45)(H,46,47)(H,51,52)(H3,37,38,41,42,50);;. The van der Waals surface area contributed by atoms with E-state index in [1.54, 1.807) is 0 Å². The van der Waals surface area contributed by atoms with E-state index in [0.717, 1.165) is 11.0 Å². The number of benzene rings is 2. The number of nitrogen functional groups attached to an aromatic ring is 1. The van der Waals surface area contributed by atoms with Gasteiger partial charge in [-0.15, -0.1) is 0 Å². The molecule has 0 bridgehead atoms. The maximum atomic E-state index is 13.8. The molecule has 5 rings (SSSR count). The summed E-state index contributed by atoms with van der Waals surface area (Å²) in [6, 6.07) is 7.24. The number of phosphoric ester groups is 1. The molecule has 25 nitrogen and oxygen atoms in total. The van der Waals surface area contributed by atoms with Gasteiger partial charge in [-0.25, -0.2) is 28.9 Å². The minimum absolute atomic E-state index is 0. The molecule has 1 unspecified atom stereocenters. The number of carbonyl (C=O) groups excluding carboxylic acids is 4. The van der Waals surface area contributed by atoms with E-state index in [1.807, 2.05) is 0 Å². The van der Waals surface area contributed by atoms with E-state index in [9.17, 15) is 48.0 Å². The number of fused-ring (bicyclic) bond motifs is 1. The molecule has 2 amide bonds. The molecule has 1 saturated heterocycles. The molecule has 64 heavy (non-hydrogen) atoms. The van der Waals surface area contributed by atoms with E-state index < -0.39 is 106 Å². The number of nitrogens with two attached hydrogens (primary N) is 1. The van der Waals surface area contributed by atoms with E-state index >= 15 is 0 Å². The number of hydrogen-bond acceptors (Lipinski definition) is 19. The van der Waals surface area contributed by atoms with Crippen LogP contribution in [0.3, 0.4) is 0 Å². The van der Waals surface area contributed by atoms with Crippen LogP contribution < -0.4 is 26.0 Å². The van der Waals surface area contributed by atoms with Crippen molar-refractivity contribution in [2.24, 2.45) is 0 Å². The van der Waals surface area contributed by atoms with Gasteiger partial charge in [0.2, 0.25) is 12.7 Å². The van der Waals surface area contributed by atoms with Crippen molar-refractivity contribution in [3.05, 3.63) is 81.4 Å². The maximum absolute atomic E-state index is 13.8. The molecule has 0 radical (unpaired) electrons. The van der Waals surface area contributed by atoms with Crippen LogP contribution in [0.4, 0.5) is 16.4 Å². The fraction of sp³-hybridized carbons (Fsp3) is 0.306. The third-order valence-corrected chi connectivity index (χ3v) is 9.71. The van der Waals surface area contributed by atoms with Crippen molar-refractivity contribution in [1.29, 1.82) is 0 Å². The summed E-state index contributed by atoms with van der Waals surface area (Å²) in [7, 11) is -4.19. The molecule has 2 aromatic heterocycles. The number of aromatic amines is 1. The zero-order chi connectivity index (χ0) is 45.0. The monoisotopic (exact) mass is 1400 g/mol. The molecule has 0 aliphatic carbocycles. The van der Waals surface area contributed by atoms with E-state index in [2.05, 4.69) is 25.3 Å². The second-order valence-corrected chi connectivity index (χ2v) is 14.4. The van der Waals surface area contributed by atoms with Crippen molar-refractivity contribution >= 4 is 72.5 Å². The summed E-state index contributed by atoms with van der Waals surface area (Å²) < 4.78 is 44.1. The van der Waals surface area contributed by atoms with Crippen LogP contribution in [0.25, 0.3) is 11.2 Å². The number of carboxylic acids is 3. The van der Waals surface area contributed by atoms with Crippen LogP contribution in [-0.2, 0) is 60.2 Å². The summed E-state index contributed by atoms with van der Waals surface area (Å²) in [5.74, 6) is -7.55. The predicted octanol–water partition coefficient (Wildman–Crippen LogP) is 2.13. The molecule has 0 saturated carbocycles. The van der Waals surface area contributed by atoms with Gasteiger partial charge in [0.1, 0.15) is 24.0 Å². The number of aromatic nitrogens is 4. The first-order valence-electron chi connectivity index (χ1n) is 18.1. The van der Waals surface area contributed by atoms with Gasteiger partial charge in [-0.1, -0.05) is 6.07 Å². The van der Waals surface area contributed by atoms with Crippen LogP contribution in [0.15, 0.2) is 53.5 Å². The quantitative estimate of drug-likeness (QED) is 0.0445. The summed E-state index contributed by atoms with van der Waals surface area (Å²) in [4.78, 5) is 113. The predicted molar refractivity (Wildman–Crippen MR) is 205 cm³/mol. The largest absolute Gasteiger partial charge is 0.530 e. The Balaban J connectivity index is 0.00000544. The Morgan fingerprint density at radius 2 is 1.59 bits per heavy atom. The molecule has 1 fully saturated rings. The Kier molecular flexibility index (Phi) is 16.5. The fourth-order valence-electron chi connectivity index (χ4n) is 5.29. The number of phosphoric acid groups is 1. The van der Waals surface area contributed by atoms with Gasteiger partial charge in [-0.3, -0.25) is 42.9 Å². The zero-order valence-electron chi connectivity index (χ0n) is 32.6. The first-order chi connectivity index (χ1) is 29.5. The van der Waals surface area contributed by atoms with E-state index in [-0.39, 0.29) is 65.0 Å². The third kappa shape index (κ3) is 13.3. The Morgan fingerprint density at radius 1 is 0.906 bits per heavy atom. The van der Waals surface area contributed by atoms with Crippen molar-refractivity contribution in [1.82, 2.24) is 25.3 Å². The molecule has 1 aliphatic rings. The molecule has 1 atom stereocenters. The molecule has 0 spiro atoms. The van der Waals surface area contributed by atoms with Crippen LogP contribution in [0.1, 0.15) is 64.1 Å². The SMILES string of the molecule is Nc1nc2ncc(CN(C(=O)OCc3ccc(OP4(=O)OCCCO4)c(C(=O)OCOC(=O)CCC(=O)O)c3)c3ccc(C(=O)NC(CCC(=O)O)C(=O)O)cc3)nc2c(=O)[nH]1.[Fm].[Fm]. The maximum Gasteiger partial charge on any atom is 0.530 e. The first-order valence-corrected chi connectivity index (χ1v) is 19.5. The summed E-state index contributed by atoms with van der Waals surface area (Å²) >= 11 is 0. The van der Waals surface area contributed by atoms with Gasteiger partial charge < -0.3 is 45.1 Å². The van der Waals surface area contributed by atoms with Crippen molar-refractivity contribution < 1.29 is 81.2 Å². The third-order valence-electron chi connectivity index (χ3n) is 8.29. The van der Waals surface area contributed by atoms with Gasteiger partial charge in [0.25, 0.3) is 11.5 Å². The summed E-state index contributed by atoms with van der Waals surface area (Å²) in [5.41, 5.74) is 4.37. The minimum Gasteiger partial charge on any atom is -0.481 e. The number of esters is 2. The number of nitrogens with zero attached hydrogens (tertiary/aromatic N) is 4. The molecule has 7 N–H and O–H groups in total. The smallest absolute Gasteiger partial charge is 0.481 e. The number of nitrogens with one attached hydrogen (secondary N) is 2. The molecule has 1 aliphatic heterocycles. The Hall–Kier alpha value is -9.50. The van der Waals surface area contributed by atoms with Crippen LogP contribution in [0, 0.1) is 0 Å². The average Bonchev–Trinajstić information content (AvgIpc) is 3.23. The Morgan fingerprint density at radius 3 is 2.25 bits per heavy atom. The summed E-state index contributed by atoms with van der Waals surface area (Å²) in [6.45, 7) is -1.84. The number of aliphatic carboxylic acids is 3. The number of ether oxygens (including phenoxy) is 3. The van der Waals surface area contributed by atoms with Crippen LogP contribution in [0.2, 0.25) is 0 Å². The summed E-state index contributed by atoms with van der Waals surface area (Å²) in [5, 5.41) is 29.4. The van der Waals surface area contributed by atoms with E-state index in [0.29, 0.717) is 6.42 Å². The summed E-state index contributed by atoms with van der Waals surface area (Å²) in [6.07, 6.45) is -1.38. The molecule has 28 heteroatoms. The Labute approximate surface area is 347 Å². The molecule has 2 aromatic carbocycles. The molecular formula is C36H36Fm2N7O18P. The number of carbonyl (C=O) groups is 7. The van der Waals surface area contributed by atoms with Gasteiger partial charge >= 0.3 is 43.8 Å². The van der Waals surface area contributed by atoms with Crippen LogP contribution in [0.5, 0.6) is 5.75 Å². The fourth-order valence-corrected chi connectivity index (χ4v) is 6.57. The molecule has 4 aromatic rings. The number of hydrogen-bond donors (Lipinski definition) is 6. The number of rotatable bonds is 19. The number of anilines is 2. The van der Waals surface area contributed by atoms with Crippen molar-refractivity contribution in [3.63, 3.8) is 0 Å². The molecule has 3 heterocycles. The van der Waals surface area contributed by atoms with Gasteiger partial charge in [0.05, 0.1) is 44.5 Å². The van der Waals surface area contributed by atoms with Crippen molar-refractivity contribution in [2.45, 2.75) is 51.3 Å². The van der Waals surface area contributed by atoms with Gasteiger partial charge in [-0.05, 0) is 54.8 Å². The van der Waals surface area contributed by atoms with Gasteiger partial charge in [0.15, 0.2) is 11.2 Å². The molecule has 352 valence electrons. The van der Waals surface area contributed by atoms with Crippen molar-refractivity contribution in [3.8, 4) is 5.75 Å². The van der Waals surface area contributed by atoms with Crippen LogP contribution >= 0.6 is 7.82 Å². The normalized spacial score (nSPS) is 13.1. The van der Waals surface area contributed by atoms with Gasteiger partial charge in [0, 0.05) is 17.7 Å². The van der Waals surface area contributed by atoms with E-state index in [1.165, 1.54) is 42.6 Å². The zero-order valence-corrected chi connectivity index (χ0v) is 38.3.